The summed E-state index contributed by atoms with van der Waals surface area (Å²) in [6.45, 7) is 5.58. The first-order valence-corrected chi connectivity index (χ1v) is 11.5. The van der Waals surface area contributed by atoms with Gasteiger partial charge in [-0.2, -0.15) is 0 Å². The van der Waals surface area contributed by atoms with Crippen molar-refractivity contribution in [2.24, 2.45) is 11.8 Å². The third-order valence-electron chi connectivity index (χ3n) is 7.60. The molecule has 1 aliphatic carbocycles. The van der Waals surface area contributed by atoms with Crippen LogP contribution < -0.4 is 0 Å². The van der Waals surface area contributed by atoms with Gasteiger partial charge in [0.1, 0.15) is 11.5 Å². The minimum Gasteiger partial charge on any atom is -0.508 e. The van der Waals surface area contributed by atoms with Crippen LogP contribution in [0.2, 0.25) is 0 Å². The molecule has 156 valence electrons. The number of hydrogen-bond acceptors (Lipinski definition) is 3. The molecule has 1 saturated heterocycles. The Labute approximate surface area is 171 Å². The van der Waals surface area contributed by atoms with Gasteiger partial charge in [-0.25, -0.2) is 0 Å². The van der Waals surface area contributed by atoms with E-state index < -0.39 is 0 Å². The Hall–Kier alpha value is -1.35. The molecule has 0 amide bonds. The van der Waals surface area contributed by atoms with Gasteiger partial charge in [-0.3, -0.25) is 4.79 Å². The zero-order valence-corrected chi connectivity index (χ0v) is 18.1. The molecule has 1 heterocycles. The van der Waals surface area contributed by atoms with Crippen molar-refractivity contribution >= 4 is 5.78 Å². The van der Waals surface area contributed by atoms with E-state index in [9.17, 15) is 9.90 Å². The summed E-state index contributed by atoms with van der Waals surface area (Å²) in [5, 5.41) is 10.1. The van der Waals surface area contributed by atoms with E-state index in [1.807, 2.05) is 12.1 Å². The highest BCUT2D eigenvalue weighted by Gasteiger charge is 2.35. The fraction of sp³-hybridized carbons (Fsp3) is 0.720. The van der Waals surface area contributed by atoms with Crippen molar-refractivity contribution in [2.45, 2.75) is 90.0 Å². The van der Waals surface area contributed by atoms with Crippen LogP contribution in [0.1, 0.15) is 88.7 Å². The molecule has 28 heavy (non-hydrogen) atoms. The molecule has 2 aliphatic rings. The van der Waals surface area contributed by atoms with E-state index >= 15 is 0 Å². The second-order valence-corrected chi connectivity index (χ2v) is 9.28. The molecule has 1 aromatic carbocycles. The number of Topliss-reactive ketones (excluding diaryl/α,β-unsaturated/α-hetero) is 1. The maximum absolute atomic E-state index is 12.6. The monoisotopic (exact) mass is 385 g/mol. The second-order valence-electron chi connectivity index (χ2n) is 9.28. The topological polar surface area (TPSA) is 40.5 Å². The number of piperidine rings is 1. The molecule has 0 bridgehead atoms. The highest BCUT2D eigenvalue weighted by atomic mass is 16.3. The number of carbonyl (C=O) groups is 1. The van der Waals surface area contributed by atoms with E-state index in [4.69, 9.17) is 0 Å². The molecule has 1 aromatic rings. The minimum absolute atomic E-state index is 0.366. The van der Waals surface area contributed by atoms with Crippen molar-refractivity contribution in [2.75, 3.05) is 13.6 Å². The first kappa shape index (κ1) is 21.4. The molecule has 1 aliphatic heterocycles. The van der Waals surface area contributed by atoms with Crippen LogP contribution >= 0.6 is 0 Å². The van der Waals surface area contributed by atoms with Crippen LogP contribution in [0, 0.1) is 11.8 Å². The number of hydrogen-bond donors (Lipinski definition) is 1. The summed E-state index contributed by atoms with van der Waals surface area (Å²) in [6.07, 6.45) is 11.0. The predicted molar refractivity (Wildman–Crippen MR) is 116 cm³/mol. The van der Waals surface area contributed by atoms with Gasteiger partial charge in [-0.1, -0.05) is 38.7 Å². The van der Waals surface area contributed by atoms with Gasteiger partial charge in [-0.05, 0) is 87.2 Å². The zero-order chi connectivity index (χ0) is 20.1. The van der Waals surface area contributed by atoms with Gasteiger partial charge in [0.05, 0.1) is 0 Å². The van der Waals surface area contributed by atoms with E-state index in [0.29, 0.717) is 35.8 Å². The van der Waals surface area contributed by atoms with Crippen molar-refractivity contribution < 1.29 is 9.90 Å². The number of phenols is 1. The van der Waals surface area contributed by atoms with Crippen LogP contribution in [0.3, 0.4) is 0 Å². The maximum atomic E-state index is 12.6. The van der Waals surface area contributed by atoms with Gasteiger partial charge < -0.3 is 10.0 Å². The van der Waals surface area contributed by atoms with Crippen LogP contribution in [-0.2, 0) is 11.2 Å². The van der Waals surface area contributed by atoms with Crippen molar-refractivity contribution in [1.29, 1.82) is 0 Å². The molecule has 3 unspecified atom stereocenters. The molecule has 3 rings (SSSR count). The van der Waals surface area contributed by atoms with E-state index in [1.54, 1.807) is 0 Å². The number of aromatic hydroxyl groups is 1. The maximum Gasteiger partial charge on any atom is 0.132 e. The van der Waals surface area contributed by atoms with E-state index in [0.717, 1.165) is 44.6 Å². The average Bonchev–Trinajstić information content (AvgIpc) is 3.21. The number of phenolic OH excluding ortho intramolecular Hbond substituents is 1. The van der Waals surface area contributed by atoms with E-state index in [2.05, 4.69) is 31.9 Å². The number of benzene rings is 1. The van der Waals surface area contributed by atoms with Crippen LogP contribution in [-0.4, -0.2) is 35.4 Å². The molecule has 3 atom stereocenters. The summed E-state index contributed by atoms with van der Waals surface area (Å²) in [4.78, 5) is 15.0. The molecular formula is C25H39NO2. The molecule has 1 saturated carbocycles. The minimum atomic E-state index is 0.366. The lowest BCUT2D eigenvalue weighted by atomic mass is 9.72. The van der Waals surface area contributed by atoms with Crippen molar-refractivity contribution in [1.82, 2.24) is 4.90 Å². The number of nitrogens with zero attached hydrogens (tertiary/aromatic N) is 1. The Morgan fingerprint density at radius 3 is 2.57 bits per heavy atom. The van der Waals surface area contributed by atoms with Crippen LogP contribution in [0.5, 0.6) is 5.75 Å². The molecule has 0 spiro atoms. The largest absolute Gasteiger partial charge is 0.508 e. The Balaban J connectivity index is 1.66. The SMILES string of the molecule is CCc1ccc(O)cc1C1CCN(C)C(C)C1CCC(=O)CCC1CCCC1. The molecule has 3 nitrogen and oxygen atoms in total. The Bertz CT molecular complexity index is 650. The lowest BCUT2D eigenvalue weighted by molar-refractivity contribution is -0.119. The summed E-state index contributed by atoms with van der Waals surface area (Å²) < 4.78 is 0. The third kappa shape index (κ3) is 5.17. The van der Waals surface area contributed by atoms with Gasteiger partial charge >= 0.3 is 0 Å². The molecule has 0 radical (unpaired) electrons. The van der Waals surface area contributed by atoms with Gasteiger partial charge in [0.25, 0.3) is 0 Å². The second kappa shape index (κ2) is 9.91. The number of likely N-dealkylation sites (tertiary alicyclic amines) is 1. The van der Waals surface area contributed by atoms with Gasteiger partial charge in [0.15, 0.2) is 0 Å². The van der Waals surface area contributed by atoms with Crippen molar-refractivity contribution in [3.63, 3.8) is 0 Å². The molecule has 0 aromatic heterocycles. The first-order valence-electron chi connectivity index (χ1n) is 11.5. The van der Waals surface area contributed by atoms with E-state index in [1.165, 1.54) is 36.8 Å². The van der Waals surface area contributed by atoms with Crippen molar-refractivity contribution in [3.8, 4) is 5.75 Å². The molecule has 3 heteroatoms. The van der Waals surface area contributed by atoms with Crippen LogP contribution in [0.25, 0.3) is 0 Å². The predicted octanol–water partition coefficient (Wildman–Crippen LogP) is 5.70. The summed E-state index contributed by atoms with van der Waals surface area (Å²) in [5.74, 6) is 2.54. The number of rotatable bonds is 8. The fourth-order valence-corrected chi connectivity index (χ4v) is 5.62. The summed E-state index contributed by atoms with van der Waals surface area (Å²) >= 11 is 0. The summed E-state index contributed by atoms with van der Waals surface area (Å²) in [7, 11) is 2.21. The molecular weight excluding hydrogens is 346 g/mol. The Morgan fingerprint density at radius 1 is 1.14 bits per heavy atom. The average molecular weight is 386 g/mol. The lowest BCUT2D eigenvalue weighted by Gasteiger charge is -2.43. The van der Waals surface area contributed by atoms with Gasteiger partial charge in [-0.15, -0.1) is 0 Å². The highest BCUT2D eigenvalue weighted by molar-refractivity contribution is 5.78. The Kier molecular flexibility index (Phi) is 7.56. The normalized spacial score (nSPS) is 26.6. The number of ketones is 1. The van der Waals surface area contributed by atoms with Crippen molar-refractivity contribution in [3.05, 3.63) is 29.3 Å². The van der Waals surface area contributed by atoms with Crippen LogP contribution in [0.15, 0.2) is 18.2 Å². The standard InChI is InChI=1S/C25H39NO2/c1-4-20-10-12-22(28)17-25(20)24-15-16-26(3)18(2)23(24)14-13-21(27)11-9-19-7-5-6-8-19/h10,12,17-19,23-24,28H,4-9,11,13-16H2,1-3H3. The number of carbonyl (C=O) groups excluding carboxylic acids is 1. The summed E-state index contributed by atoms with van der Waals surface area (Å²) in [6, 6.07) is 6.34. The third-order valence-corrected chi connectivity index (χ3v) is 7.60. The van der Waals surface area contributed by atoms with Gasteiger partial charge in [0.2, 0.25) is 0 Å². The highest BCUT2D eigenvalue weighted by Crippen LogP contribution is 2.41. The smallest absolute Gasteiger partial charge is 0.132 e. The molecule has 1 N–H and O–H groups in total. The van der Waals surface area contributed by atoms with E-state index in [-0.39, 0.29) is 0 Å². The first-order chi connectivity index (χ1) is 13.5. The Morgan fingerprint density at radius 2 is 1.86 bits per heavy atom. The molecule has 2 fully saturated rings. The fourth-order valence-electron chi connectivity index (χ4n) is 5.62. The lowest BCUT2D eigenvalue weighted by Crippen LogP contribution is -2.44. The van der Waals surface area contributed by atoms with Crippen LogP contribution in [0.4, 0.5) is 0 Å². The summed E-state index contributed by atoms with van der Waals surface area (Å²) in [5.41, 5.74) is 2.66. The van der Waals surface area contributed by atoms with Gasteiger partial charge in [0, 0.05) is 18.9 Å². The zero-order valence-electron chi connectivity index (χ0n) is 18.1. The quantitative estimate of drug-likeness (QED) is 0.624. The number of aryl methyl sites for hydroxylation is 1.